The van der Waals surface area contributed by atoms with Crippen molar-refractivity contribution in [2.45, 2.75) is 6.42 Å². The molecule has 0 spiro atoms. The van der Waals surface area contributed by atoms with Crippen LogP contribution in [0.4, 0.5) is 0 Å². The molecule has 0 aromatic carbocycles. The van der Waals surface area contributed by atoms with Crippen molar-refractivity contribution in [2.75, 3.05) is 0 Å². The van der Waals surface area contributed by atoms with Gasteiger partial charge in [-0.25, -0.2) is 12.2 Å². The number of rotatable bonds is 0. The van der Waals surface area contributed by atoms with E-state index >= 15 is 0 Å². The summed E-state index contributed by atoms with van der Waals surface area (Å²) in [5.74, 6) is 0. The molecule has 27 valence electrons. The van der Waals surface area contributed by atoms with E-state index in [1.54, 1.807) is 0 Å². The Morgan fingerprint density at radius 2 is 2.33 bits per heavy atom. The Bertz CT molecular complexity index is 62.0. The molecule has 1 heteroatoms. The molecule has 0 bridgehead atoms. The van der Waals surface area contributed by atoms with Gasteiger partial charge in [-0.15, -0.1) is 6.42 Å². The van der Waals surface area contributed by atoms with E-state index in [2.05, 4.69) is 12.2 Å². The molecule has 1 aliphatic carbocycles. The van der Waals surface area contributed by atoms with E-state index in [4.69, 9.17) is 0 Å². The molecule has 6 heavy (non-hydrogen) atoms. The van der Waals surface area contributed by atoms with Gasteiger partial charge in [-0.3, -0.25) is 6.08 Å². The summed E-state index contributed by atoms with van der Waals surface area (Å²) in [6.45, 7) is 0. The summed E-state index contributed by atoms with van der Waals surface area (Å²) in [6, 6.07) is 0. The van der Waals surface area contributed by atoms with Gasteiger partial charge in [0.2, 0.25) is 0 Å². The molecule has 0 unspecified atom stereocenters. The van der Waals surface area contributed by atoms with E-state index in [1.165, 1.54) is 0 Å². The van der Waals surface area contributed by atoms with E-state index in [1.807, 2.05) is 12.2 Å². The van der Waals surface area contributed by atoms with Crippen LogP contribution in [0.2, 0.25) is 0 Å². The molecule has 0 saturated carbocycles. The normalized spacial score (nSPS) is 14.7. The summed E-state index contributed by atoms with van der Waals surface area (Å²) in [6.07, 6.45) is 10.0. The molecule has 1 radical (unpaired) electrons. The zero-order valence-corrected chi connectivity index (χ0v) is 9.14. The zero-order chi connectivity index (χ0) is 3.54. The molecule has 0 N–H and O–H groups in total. The van der Waals surface area contributed by atoms with Crippen LogP contribution in [0.1, 0.15) is 6.42 Å². The smallest absolute Gasteiger partial charge is 0.273 e. The second-order valence-electron chi connectivity index (χ2n) is 1.00. The Morgan fingerprint density at radius 3 is 2.50 bits per heavy atom. The van der Waals surface area contributed by atoms with E-state index in [0.29, 0.717) is 0 Å². The summed E-state index contributed by atoms with van der Waals surface area (Å²) in [5.41, 5.74) is 0. The fourth-order valence-electron chi connectivity index (χ4n) is 0.340. The van der Waals surface area contributed by atoms with Gasteiger partial charge >= 0.3 is 27.7 Å². The minimum absolute atomic E-state index is 0. The molecule has 0 aliphatic heterocycles. The van der Waals surface area contributed by atoms with Crippen LogP contribution in [0, 0.1) is 6.08 Å². The molecular weight excluding hydrogens is 261 g/mol. The maximum absolute atomic E-state index is 2.99. The van der Waals surface area contributed by atoms with Gasteiger partial charge in [-0.05, 0) is 0 Å². The molecular formula is C5H5Hg. The minimum Gasteiger partial charge on any atom is -0.273 e. The minimum atomic E-state index is 0. The van der Waals surface area contributed by atoms with Gasteiger partial charge in [-0.1, -0.05) is 0 Å². The van der Waals surface area contributed by atoms with Crippen LogP contribution >= 0.6 is 0 Å². The monoisotopic (exact) mass is 267 g/mol. The summed E-state index contributed by atoms with van der Waals surface area (Å²) in [7, 11) is 0. The Hall–Kier alpha value is 0.415. The van der Waals surface area contributed by atoms with Crippen molar-refractivity contribution in [1.29, 1.82) is 0 Å². The van der Waals surface area contributed by atoms with Gasteiger partial charge in [0.1, 0.15) is 0 Å². The largest absolute Gasteiger partial charge is 1.00 e. The Labute approximate surface area is 58.4 Å². The average Bonchev–Trinajstić information content (AvgIpc) is 1.76. The first-order chi connectivity index (χ1) is 2.50. The Kier molecular flexibility index (Phi) is 3.85. The zero-order valence-electron chi connectivity index (χ0n) is 3.65. The van der Waals surface area contributed by atoms with E-state index in [9.17, 15) is 0 Å². The van der Waals surface area contributed by atoms with Crippen molar-refractivity contribution in [2.24, 2.45) is 0 Å². The fraction of sp³-hybridized carbons (Fsp3) is 0.200. The summed E-state index contributed by atoms with van der Waals surface area (Å²) in [5, 5.41) is 0. The first kappa shape index (κ1) is 6.42. The van der Waals surface area contributed by atoms with Crippen molar-refractivity contribution in [3.8, 4) is 0 Å². The third kappa shape index (κ3) is 1.76. The van der Waals surface area contributed by atoms with Crippen molar-refractivity contribution in [1.82, 2.24) is 0 Å². The molecule has 0 aromatic heterocycles. The van der Waals surface area contributed by atoms with Crippen LogP contribution in [0.25, 0.3) is 0 Å². The SMILES string of the molecule is [C-]1=CC=CC1.[Hg+]. The van der Waals surface area contributed by atoms with Crippen molar-refractivity contribution in [3.05, 3.63) is 24.3 Å². The molecule has 1 rings (SSSR count). The summed E-state index contributed by atoms with van der Waals surface area (Å²) < 4.78 is 0. The van der Waals surface area contributed by atoms with Crippen molar-refractivity contribution in [3.63, 3.8) is 0 Å². The summed E-state index contributed by atoms with van der Waals surface area (Å²) >= 11 is 0. The fourth-order valence-corrected chi connectivity index (χ4v) is 0.340. The van der Waals surface area contributed by atoms with Crippen LogP contribution in [0.3, 0.4) is 0 Å². The molecule has 0 heterocycles. The van der Waals surface area contributed by atoms with Crippen molar-refractivity contribution >= 4 is 0 Å². The first-order valence-electron chi connectivity index (χ1n) is 1.72. The maximum atomic E-state index is 2.99. The second-order valence-corrected chi connectivity index (χ2v) is 1.00. The molecule has 0 fully saturated rings. The molecule has 1 aliphatic rings. The Balaban J connectivity index is 0.000000250. The molecule has 0 amide bonds. The molecule has 0 atom stereocenters. The van der Waals surface area contributed by atoms with Gasteiger partial charge in [-0.2, -0.15) is 6.08 Å². The number of hydrogen-bond donors (Lipinski definition) is 0. The molecule has 0 aromatic rings. The topological polar surface area (TPSA) is 0 Å². The van der Waals surface area contributed by atoms with E-state index in [-0.39, 0.29) is 27.7 Å². The second kappa shape index (κ2) is 3.60. The maximum Gasteiger partial charge on any atom is 1.00 e. The van der Waals surface area contributed by atoms with Crippen molar-refractivity contribution < 1.29 is 27.7 Å². The number of hydrogen-bond acceptors (Lipinski definition) is 0. The first-order valence-corrected chi connectivity index (χ1v) is 1.72. The van der Waals surface area contributed by atoms with Gasteiger partial charge in [0, 0.05) is 0 Å². The number of allylic oxidation sites excluding steroid dienone is 4. The van der Waals surface area contributed by atoms with Crippen LogP contribution in [-0.2, 0) is 27.7 Å². The Morgan fingerprint density at radius 1 is 1.50 bits per heavy atom. The third-order valence-corrected chi connectivity index (χ3v) is 0.586. The van der Waals surface area contributed by atoms with Gasteiger partial charge in [0.25, 0.3) is 0 Å². The van der Waals surface area contributed by atoms with Crippen LogP contribution in [-0.4, -0.2) is 0 Å². The summed E-state index contributed by atoms with van der Waals surface area (Å²) in [4.78, 5) is 0. The van der Waals surface area contributed by atoms with Gasteiger partial charge in [0.05, 0.1) is 0 Å². The van der Waals surface area contributed by atoms with Gasteiger partial charge < -0.3 is 0 Å². The predicted octanol–water partition coefficient (Wildman–Crippen LogP) is 1.30. The quantitative estimate of drug-likeness (QED) is 0.458. The third-order valence-electron chi connectivity index (χ3n) is 0.586. The van der Waals surface area contributed by atoms with E-state index < -0.39 is 0 Å². The predicted molar refractivity (Wildman–Crippen MR) is 21.6 cm³/mol. The van der Waals surface area contributed by atoms with Crippen LogP contribution < -0.4 is 0 Å². The average molecular weight is 266 g/mol. The standard InChI is InChI=1S/C5H5.Hg/c1-2-4-5-3-1;/h1-3H,4H2;/q-1;+1. The van der Waals surface area contributed by atoms with Crippen LogP contribution in [0.5, 0.6) is 0 Å². The van der Waals surface area contributed by atoms with E-state index in [0.717, 1.165) is 6.42 Å². The molecule has 0 saturated heterocycles. The van der Waals surface area contributed by atoms with Gasteiger partial charge in [0.15, 0.2) is 0 Å². The molecule has 0 nitrogen and oxygen atoms in total. The van der Waals surface area contributed by atoms with Crippen LogP contribution in [0.15, 0.2) is 18.2 Å².